The molecule has 1 saturated heterocycles. The highest BCUT2D eigenvalue weighted by molar-refractivity contribution is 7.11. The largest absolute Gasteiger partial charge is 0.376 e. The maximum absolute atomic E-state index is 13.8. The Kier molecular flexibility index (Phi) is 10.5. The third-order valence-electron chi connectivity index (χ3n) is 7.04. The summed E-state index contributed by atoms with van der Waals surface area (Å²) in [6, 6.07) is 22.1. The Morgan fingerprint density at radius 2 is 1.71 bits per heavy atom. The van der Waals surface area contributed by atoms with Gasteiger partial charge >= 0.3 is 0 Å². The zero-order valence-corrected chi connectivity index (χ0v) is 23.6. The van der Waals surface area contributed by atoms with E-state index in [2.05, 4.69) is 38.1 Å². The second-order valence-electron chi connectivity index (χ2n) is 10.2. The first kappa shape index (κ1) is 28.1. The smallest absolute Gasteiger partial charge is 0.254 e. The Bertz CT molecular complexity index is 1150. The second kappa shape index (κ2) is 14.3. The van der Waals surface area contributed by atoms with Crippen molar-refractivity contribution in [1.29, 1.82) is 0 Å². The summed E-state index contributed by atoms with van der Waals surface area (Å²) in [6.07, 6.45) is 6.46. The molecule has 0 N–H and O–H groups in total. The Balaban J connectivity index is 1.50. The van der Waals surface area contributed by atoms with Crippen molar-refractivity contribution in [3.05, 3.63) is 93.2 Å². The zero-order chi connectivity index (χ0) is 26.7. The molecule has 2 amide bonds. The predicted octanol–water partition coefficient (Wildman–Crippen LogP) is 6.64. The molecule has 38 heavy (non-hydrogen) atoms. The average Bonchev–Trinajstić information content (AvgIpc) is 3.60. The Morgan fingerprint density at radius 1 is 0.921 bits per heavy atom. The van der Waals surface area contributed by atoms with Crippen molar-refractivity contribution in [3.8, 4) is 0 Å². The van der Waals surface area contributed by atoms with Crippen LogP contribution in [0.15, 0.2) is 66.7 Å². The van der Waals surface area contributed by atoms with Gasteiger partial charge < -0.3 is 14.5 Å². The van der Waals surface area contributed by atoms with Crippen molar-refractivity contribution < 1.29 is 14.3 Å². The third-order valence-corrected chi connectivity index (χ3v) is 8.03. The van der Waals surface area contributed by atoms with Gasteiger partial charge in [0.15, 0.2) is 0 Å². The van der Waals surface area contributed by atoms with E-state index in [1.165, 1.54) is 23.3 Å². The average molecular weight is 533 g/mol. The molecule has 6 heteroatoms. The van der Waals surface area contributed by atoms with Crippen LogP contribution >= 0.6 is 11.3 Å². The van der Waals surface area contributed by atoms with E-state index in [-0.39, 0.29) is 24.5 Å². The molecular formula is C32H40N2O3S. The zero-order valence-electron chi connectivity index (χ0n) is 22.7. The number of benzene rings is 2. The molecule has 0 radical (unpaired) electrons. The molecule has 1 aliphatic heterocycles. The topological polar surface area (TPSA) is 49.9 Å². The molecule has 4 rings (SSSR count). The van der Waals surface area contributed by atoms with Crippen molar-refractivity contribution in [3.63, 3.8) is 0 Å². The predicted molar refractivity (Wildman–Crippen MR) is 154 cm³/mol. The van der Waals surface area contributed by atoms with Crippen molar-refractivity contribution in [2.24, 2.45) is 0 Å². The number of carbonyl (C=O) groups excluding carboxylic acids is 2. The molecule has 1 aliphatic rings. The summed E-state index contributed by atoms with van der Waals surface area (Å²) >= 11 is 1.71. The number of rotatable bonds is 13. The van der Waals surface area contributed by atoms with Crippen molar-refractivity contribution in [1.82, 2.24) is 9.80 Å². The summed E-state index contributed by atoms with van der Waals surface area (Å²) in [7, 11) is 0. The van der Waals surface area contributed by atoms with Gasteiger partial charge in [-0.2, -0.15) is 0 Å². The van der Waals surface area contributed by atoms with E-state index in [0.29, 0.717) is 31.8 Å². The van der Waals surface area contributed by atoms with Crippen LogP contribution in [-0.2, 0) is 29.0 Å². The molecule has 0 bridgehead atoms. The van der Waals surface area contributed by atoms with Crippen LogP contribution in [0.5, 0.6) is 0 Å². The van der Waals surface area contributed by atoms with Crippen LogP contribution in [0.1, 0.15) is 70.3 Å². The Labute approximate surface area is 231 Å². The maximum Gasteiger partial charge on any atom is 0.254 e. The molecule has 2 aromatic carbocycles. The minimum absolute atomic E-state index is 0.0254. The minimum Gasteiger partial charge on any atom is -0.376 e. The lowest BCUT2D eigenvalue weighted by Crippen LogP contribution is -2.45. The fourth-order valence-electron chi connectivity index (χ4n) is 4.89. The lowest BCUT2D eigenvalue weighted by Gasteiger charge is -2.29. The molecule has 1 fully saturated rings. The molecule has 1 unspecified atom stereocenters. The normalized spacial score (nSPS) is 14.9. The van der Waals surface area contributed by atoms with Crippen LogP contribution in [0.3, 0.4) is 0 Å². The van der Waals surface area contributed by atoms with Gasteiger partial charge in [0.1, 0.15) is 6.54 Å². The summed E-state index contributed by atoms with van der Waals surface area (Å²) < 4.78 is 5.86. The number of aryl methyl sites for hydroxylation is 2. The monoisotopic (exact) mass is 532 g/mol. The van der Waals surface area contributed by atoms with Crippen molar-refractivity contribution >= 4 is 23.2 Å². The highest BCUT2D eigenvalue weighted by Gasteiger charge is 2.27. The number of nitrogens with zero attached hydrogens (tertiary/aromatic N) is 2. The number of unbranched alkanes of at least 4 members (excludes halogenated alkanes) is 2. The summed E-state index contributed by atoms with van der Waals surface area (Å²) in [5, 5.41) is 0. The van der Waals surface area contributed by atoms with Crippen molar-refractivity contribution in [2.45, 2.75) is 71.6 Å². The third kappa shape index (κ3) is 8.27. The Morgan fingerprint density at radius 3 is 2.37 bits per heavy atom. The van der Waals surface area contributed by atoms with Crippen LogP contribution in [0, 0.1) is 6.92 Å². The highest BCUT2D eigenvalue weighted by atomic mass is 32.1. The van der Waals surface area contributed by atoms with E-state index in [0.717, 1.165) is 36.1 Å². The molecule has 1 atom stereocenters. The fourth-order valence-corrected chi connectivity index (χ4v) is 5.79. The lowest BCUT2D eigenvalue weighted by atomic mass is 10.0. The van der Waals surface area contributed by atoms with Crippen LogP contribution in [0.2, 0.25) is 0 Å². The molecule has 3 aromatic rings. The minimum atomic E-state index is -0.111. The second-order valence-corrected chi connectivity index (χ2v) is 11.6. The van der Waals surface area contributed by atoms with Crippen LogP contribution in [0.4, 0.5) is 0 Å². The van der Waals surface area contributed by atoms with E-state index in [1.54, 1.807) is 16.2 Å². The standard InChI is InChI=1S/C32H40N2O3S/c1-3-4-6-10-26-15-17-28(18-16-26)32(36)34(22-29-13-9-20-37-29)24-31(35)33(21-27-11-7-5-8-12-27)23-30-19-14-25(2)38-30/h5,7-8,11-12,14-19,29H,3-4,6,9-10,13,20-24H2,1-2H3. The van der Waals surface area contributed by atoms with Gasteiger partial charge in [0.05, 0.1) is 12.6 Å². The summed E-state index contributed by atoms with van der Waals surface area (Å²) in [6.45, 7) is 6.49. The van der Waals surface area contributed by atoms with E-state index in [1.807, 2.05) is 47.4 Å². The van der Waals surface area contributed by atoms with Gasteiger partial charge in [-0.15, -0.1) is 11.3 Å². The van der Waals surface area contributed by atoms with Crippen molar-refractivity contribution in [2.75, 3.05) is 19.7 Å². The van der Waals surface area contributed by atoms with Crippen LogP contribution in [0.25, 0.3) is 0 Å². The molecular weight excluding hydrogens is 492 g/mol. The molecule has 0 saturated carbocycles. The number of carbonyl (C=O) groups is 2. The number of hydrogen-bond donors (Lipinski definition) is 0. The molecule has 1 aromatic heterocycles. The molecule has 2 heterocycles. The summed E-state index contributed by atoms with van der Waals surface area (Å²) in [5.74, 6) is -0.164. The van der Waals surface area contributed by atoms with Crippen LogP contribution in [-0.4, -0.2) is 47.4 Å². The maximum atomic E-state index is 13.8. The SMILES string of the molecule is CCCCCc1ccc(C(=O)N(CC(=O)N(Cc2ccccc2)Cc2ccc(C)s2)CC2CCCO2)cc1. The first-order valence-electron chi connectivity index (χ1n) is 13.9. The van der Waals surface area contributed by atoms with Gasteiger partial charge in [0.2, 0.25) is 5.91 Å². The molecule has 0 spiro atoms. The first-order chi connectivity index (χ1) is 18.5. The van der Waals surface area contributed by atoms with Gasteiger partial charge in [-0.25, -0.2) is 0 Å². The highest BCUT2D eigenvalue weighted by Crippen LogP contribution is 2.20. The van der Waals surface area contributed by atoms with Gasteiger partial charge in [-0.1, -0.05) is 62.2 Å². The molecule has 202 valence electrons. The number of thiophene rings is 1. The number of hydrogen-bond acceptors (Lipinski definition) is 4. The van der Waals surface area contributed by atoms with Crippen LogP contribution < -0.4 is 0 Å². The fraction of sp³-hybridized carbons (Fsp3) is 0.438. The summed E-state index contributed by atoms with van der Waals surface area (Å²) in [5.41, 5.74) is 2.94. The Hall–Kier alpha value is -2.96. The van der Waals surface area contributed by atoms with E-state index >= 15 is 0 Å². The molecule has 0 aliphatic carbocycles. The number of ether oxygens (including phenoxy) is 1. The first-order valence-corrected chi connectivity index (χ1v) is 14.7. The quantitative estimate of drug-likeness (QED) is 0.232. The lowest BCUT2D eigenvalue weighted by molar-refractivity contribution is -0.133. The van der Waals surface area contributed by atoms with Gasteiger partial charge in [-0.05, 0) is 68.0 Å². The van der Waals surface area contributed by atoms with Gasteiger partial charge in [0.25, 0.3) is 5.91 Å². The summed E-state index contributed by atoms with van der Waals surface area (Å²) in [4.78, 5) is 33.4. The molecule has 5 nitrogen and oxygen atoms in total. The number of amides is 2. The van der Waals surface area contributed by atoms with Gasteiger partial charge in [0, 0.05) is 35.0 Å². The van der Waals surface area contributed by atoms with E-state index in [9.17, 15) is 9.59 Å². The van der Waals surface area contributed by atoms with Gasteiger partial charge in [-0.3, -0.25) is 9.59 Å². The van der Waals surface area contributed by atoms with E-state index < -0.39 is 0 Å². The van der Waals surface area contributed by atoms with E-state index in [4.69, 9.17) is 4.74 Å².